The van der Waals surface area contributed by atoms with E-state index < -0.39 is 0 Å². The predicted octanol–water partition coefficient (Wildman–Crippen LogP) is 2.02. The smallest absolute Gasteiger partial charge is 0.0638 e. The van der Waals surface area contributed by atoms with Crippen LogP contribution in [-0.2, 0) is 0 Å². The molecule has 0 aliphatic rings. The number of rotatable bonds is 7. The second kappa shape index (κ2) is 8.89. The molecule has 0 aromatic heterocycles. The fourth-order valence-electron chi connectivity index (χ4n) is 0.994. The lowest BCUT2D eigenvalue weighted by Crippen LogP contribution is -2.29. The lowest BCUT2D eigenvalue weighted by Gasteiger charge is -2.12. The molecule has 0 radical (unpaired) electrons. The summed E-state index contributed by atoms with van der Waals surface area (Å²) in [6, 6.07) is 2.59. The van der Waals surface area contributed by atoms with Gasteiger partial charge in [-0.1, -0.05) is 6.92 Å². The molecule has 70 valence electrons. The predicted molar refractivity (Wildman–Crippen MR) is 55.3 cm³/mol. The highest BCUT2D eigenvalue weighted by Crippen LogP contribution is 1.98. The third-order valence-corrected chi connectivity index (χ3v) is 2.49. The first kappa shape index (κ1) is 11.8. The van der Waals surface area contributed by atoms with Crippen molar-refractivity contribution in [2.45, 2.75) is 32.2 Å². The van der Waals surface area contributed by atoms with Crippen LogP contribution in [-0.4, -0.2) is 24.6 Å². The van der Waals surface area contributed by atoms with Gasteiger partial charge in [0.1, 0.15) is 0 Å². The molecule has 1 N–H and O–H groups in total. The monoisotopic (exact) mass is 186 g/mol. The minimum Gasteiger partial charge on any atom is -0.313 e. The Hall–Kier alpha value is -0.200. The highest BCUT2D eigenvalue weighted by atomic mass is 32.2. The summed E-state index contributed by atoms with van der Waals surface area (Å²) in [6.07, 6.45) is 5.00. The minimum absolute atomic E-state index is 0.400. The van der Waals surface area contributed by atoms with Crippen molar-refractivity contribution in [1.29, 1.82) is 5.26 Å². The van der Waals surface area contributed by atoms with Gasteiger partial charge in [0.05, 0.1) is 12.5 Å². The van der Waals surface area contributed by atoms with Gasteiger partial charge in [0.2, 0.25) is 0 Å². The third-order valence-electron chi connectivity index (χ3n) is 1.79. The topological polar surface area (TPSA) is 35.8 Å². The lowest BCUT2D eigenvalue weighted by molar-refractivity contribution is 0.506. The van der Waals surface area contributed by atoms with Crippen LogP contribution in [0.2, 0.25) is 0 Å². The molecule has 2 nitrogen and oxygen atoms in total. The molecule has 0 aliphatic carbocycles. The third kappa shape index (κ3) is 6.51. The molecule has 0 spiro atoms. The van der Waals surface area contributed by atoms with Gasteiger partial charge in [0.15, 0.2) is 0 Å². The zero-order chi connectivity index (χ0) is 9.23. The van der Waals surface area contributed by atoms with Gasteiger partial charge in [-0.2, -0.15) is 17.0 Å². The molecule has 0 aliphatic heterocycles. The van der Waals surface area contributed by atoms with Crippen LogP contribution < -0.4 is 5.32 Å². The van der Waals surface area contributed by atoms with Crippen molar-refractivity contribution in [3.63, 3.8) is 0 Å². The van der Waals surface area contributed by atoms with E-state index in [-0.39, 0.29) is 0 Å². The summed E-state index contributed by atoms with van der Waals surface area (Å²) >= 11 is 1.87. The van der Waals surface area contributed by atoms with Crippen LogP contribution in [0.4, 0.5) is 0 Å². The van der Waals surface area contributed by atoms with Gasteiger partial charge in [-0.15, -0.1) is 0 Å². The van der Waals surface area contributed by atoms with E-state index >= 15 is 0 Å². The molecular formula is C9H18N2S. The molecule has 0 saturated heterocycles. The average molecular weight is 186 g/mol. The Bertz CT molecular complexity index is 131. The van der Waals surface area contributed by atoms with Crippen LogP contribution >= 0.6 is 11.8 Å². The molecule has 0 saturated carbocycles. The molecule has 0 aromatic carbocycles. The van der Waals surface area contributed by atoms with Gasteiger partial charge in [-0.3, -0.25) is 0 Å². The Balaban J connectivity index is 3.26. The molecular weight excluding hydrogens is 168 g/mol. The fourth-order valence-corrected chi connectivity index (χ4v) is 1.43. The zero-order valence-corrected chi connectivity index (χ0v) is 8.78. The Labute approximate surface area is 79.7 Å². The van der Waals surface area contributed by atoms with Gasteiger partial charge in [0.25, 0.3) is 0 Å². The van der Waals surface area contributed by atoms with Crippen molar-refractivity contribution in [3.05, 3.63) is 0 Å². The number of hydrogen-bond acceptors (Lipinski definition) is 3. The van der Waals surface area contributed by atoms with Crippen molar-refractivity contribution >= 4 is 11.8 Å². The maximum Gasteiger partial charge on any atom is 0.0638 e. The molecule has 0 amide bonds. The molecule has 0 heterocycles. The van der Waals surface area contributed by atoms with Gasteiger partial charge in [-0.05, 0) is 31.4 Å². The van der Waals surface area contributed by atoms with Crippen molar-refractivity contribution in [1.82, 2.24) is 5.32 Å². The first-order valence-corrected chi connectivity index (χ1v) is 5.83. The average Bonchev–Trinajstić information content (AvgIpc) is 2.10. The van der Waals surface area contributed by atoms with E-state index in [4.69, 9.17) is 5.26 Å². The molecule has 0 aromatic rings. The molecule has 1 atom stereocenters. The second-order valence-electron chi connectivity index (χ2n) is 2.77. The summed E-state index contributed by atoms with van der Waals surface area (Å²) in [5.41, 5.74) is 0. The molecule has 0 bridgehead atoms. The SMILES string of the molecule is CCC(CC#N)NCCCSC. The number of nitrogens with zero attached hydrogens (tertiary/aromatic N) is 1. The Morgan fingerprint density at radius 3 is 2.83 bits per heavy atom. The zero-order valence-electron chi connectivity index (χ0n) is 7.97. The second-order valence-corrected chi connectivity index (χ2v) is 3.75. The minimum atomic E-state index is 0.400. The maximum absolute atomic E-state index is 8.48. The number of nitrogens with one attached hydrogen (secondary N) is 1. The largest absolute Gasteiger partial charge is 0.313 e. The van der Waals surface area contributed by atoms with Crippen molar-refractivity contribution in [2.75, 3.05) is 18.6 Å². The summed E-state index contributed by atoms with van der Waals surface area (Å²) in [5.74, 6) is 1.20. The summed E-state index contributed by atoms with van der Waals surface area (Å²) in [4.78, 5) is 0. The lowest BCUT2D eigenvalue weighted by atomic mass is 10.1. The van der Waals surface area contributed by atoms with E-state index in [1.54, 1.807) is 0 Å². The van der Waals surface area contributed by atoms with Crippen molar-refractivity contribution in [3.8, 4) is 6.07 Å². The van der Waals surface area contributed by atoms with Gasteiger partial charge < -0.3 is 5.32 Å². The summed E-state index contributed by atoms with van der Waals surface area (Å²) in [7, 11) is 0. The first-order chi connectivity index (χ1) is 5.85. The molecule has 1 unspecified atom stereocenters. The van der Waals surface area contributed by atoms with E-state index in [2.05, 4.69) is 24.6 Å². The van der Waals surface area contributed by atoms with E-state index in [1.807, 2.05) is 11.8 Å². The fraction of sp³-hybridized carbons (Fsp3) is 0.889. The highest BCUT2D eigenvalue weighted by Gasteiger charge is 2.02. The van der Waals surface area contributed by atoms with Crippen molar-refractivity contribution in [2.24, 2.45) is 0 Å². The van der Waals surface area contributed by atoms with E-state index in [0.717, 1.165) is 13.0 Å². The summed E-state index contributed by atoms with van der Waals surface area (Å²) in [5, 5.41) is 11.8. The van der Waals surface area contributed by atoms with Gasteiger partial charge >= 0.3 is 0 Å². The standard InChI is InChI=1S/C9H18N2S/c1-3-9(5-6-10)11-7-4-8-12-2/h9,11H,3-5,7-8H2,1-2H3. The van der Waals surface area contributed by atoms with Crippen LogP contribution in [0.3, 0.4) is 0 Å². The molecule has 3 heteroatoms. The van der Waals surface area contributed by atoms with Gasteiger partial charge in [-0.25, -0.2) is 0 Å². The van der Waals surface area contributed by atoms with E-state index in [0.29, 0.717) is 12.5 Å². The first-order valence-electron chi connectivity index (χ1n) is 4.44. The quantitative estimate of drug-likeness (QED) is 0.618. The Kier molecular flexibility index (Phi) is 8.74. The Morgan fingerprint density at radius 2 is 2.33 bits per heavy atom. The number of hydrogen-bond donors (Lipinski definition) is 1. The Morgan fingerprint density at radius 1 is 1.58 bits per heavy atom. The number of nitriles is 1. The van der Waals surface area contributed by atoms with E-state index in [9.17, 15) is 0 Å². The summed E-state index contributed by atoms with van der Waals surface area (Å²) < 4.78 is 0. The van der Waals surface area contributed by atoms with Crippen LogP contribution in [0.1, 0.15) is 26.2 Å². The summed E-state index contributed by atoms with van der Waals surface area (Å²) in [6.45, 7) is 3.16. The van der Waals surface area contributed by atoms with Crippen LogP contribution in [0.15, 0.2) is 0 Å². The van der Waals surface area contributed by atoms with Crippen LogP contribution in [0, 0.1) is 11.3 Å². The molecule has 0 rings (SSSR count). The molecule has 0 fully saturated rings. The van der Waals surface area contributed by atoms with Gasteiger partial charge in [0, 0.05) is 6.04 Å². The van der Waals surface area contributed by atoms with E-state index in [1.165, 1.54) is 12.2 Å². The van der Waals surface area contributed by atoms with Crippen LogP contribution in [0.25, 0.3) is 0 Å². The number of thioether (sulfide) groups is 1. The maximum atomic E-state index is 8.48. The van der Waals surface area contributed by atoms with Crippen LogP contribution in [0.5, 0.6) is 0 Å². The highest BCUT2D eigenvalue weighted by molar-refractivity contribution is 7.98. The normalized spacial score (nSPS) is 12.4. The van der Waals surface area contributed by atoms with Crippen molar-refractivity contribution < 1.29 is 0 Å². The molecule has 12 heavy (non-hydrogen) atoms.